The summed E-state index contributed by atoms with van der Waals surface area (Å²) in [5.41, 5.74) is 1.20. The molecule has 7 heteroatoms. The van der Waals surface area contributed by atoms with Crippen LogP contribution in [0, 0.1) is 13.8 Å². The molecule has 0 spiro atoms. The largest absolute Gasteiger partial charge is 0.465 e. The van der Waals surface area contributed by atoms with Crippen LogP contribution in [0.5, 0.6) is 0 Å². The zero-order valence-corrected chi connectivity index (χ0v) is 13.1. The number of ether oxygens (including phenoxy) is 1. The summed E-state index contributed by atoms with van der Waals surface area (Å²) in [6, 6.07) is 1.73. The van der Waals surface area contributed by atoms with Gasteiger partial charge in [-0.3, -0.25) is 14.3 Å². The molecule has 3 rings (SSSR count). The molecule has 0 N–H and O–H groups in total. The first kappa shape index (κ1) is 14.4. The van der Waals surface area contributed by atoms with Gasteiger partial charge in [0, 0.05) is 23.2 Å². The Morgan fingerprint density at radius 3 is 2.73 bits per heavy atom. The number of nitrogens with zero attached hydrogens (tertiary/aromatic N) is 3. The van der Waals surface area contributed by atoms with Crippen LogP contribution in [0.15, 0.2) is 28.6 Å². The van der Waals surface area contributed by atoms with E-state index < -0.39 is 5.97 Å². The minimum Gasteiger partial charge on any atom is -0.465 e. The molecule has 0 atom stereocenters. The summed E-state index contributed by atoms with van der Waals surface area (Å²) in [7, 11) is 1.31. The van der Waals surface area contributed by atoms with Gasteiger partial charge in [0.05, 0.1) is 29.4 Å². The summed E-state index contributed by atoms with van der Waals surface area (Å²) in [6.45, 7) is 3.48. The second-order valence-electron chi connectivity index (χ2n) is 4.74. The molecule has 3 heterocycles. The maximum atomic E-state index is 12.8. The molecule has 0 saturated heterocycles. The first-order chi connectivity index (χ1) is 10.5. The number of hydrogen-bond donors (Lipinski definition) is 0. The van der Waals surface area contributed by atoms with Gasteiger partial charge in [0.15, 0.2) is 5.13 Å². The molecule has 22 heavy (non-hydrogen) atoms. The summed E-state index contributed by atoms with van der Waals surface area (Å²) in [5.74, 6) is -0.499. The van der Waals surface area contributed by atoms with Crippen LogP contribution in [0.1, 0.15) is 21.7 Å². The summed E-state index contributed by atoms with van der Waals surface area (Å²) < 4.78 is 6.27. The van der Waals surface area contributed by atoms with Gasteiger partial charge in [0.2, 0.25) is 0 Å². The monoisotopic (exact) mass is 315 g/mol. The molecule has 0 aliphatic heterocycles. The van der Waals surface area contributed by atoms with Crippen molar-refractivity contribution in [2.75, 3.05) is 7.11 Å². The van der Waals surface area contributed by atoms with E-state index in [1.54, 1.807) is 37.7 Å². The average Bonchev–Trinajstić information content (AvgIpc) is 3.00. The number of hydrogen-bond acceptors (Lipinski definition) is 6. The van der Waals surface area contributed by atoms with Gasteiger partial charge in [0.25, 0.3) is 5.56 Å². The number of pyridine rings is 2. The first-order valence-corrected chi connectivity index (χ1v) is 7.43. The van der Waals surface area contributed by atoms with Gasteiger partial charge in [-0.05, 0) is 19.9 Å². The van der Waals surface area contributed by atoms with Crippen LogP contribution in [0.4, 0.5) is 0 Å². The number of fused-ring (bicyclic) bond motifs is 1. The number of esters is 1. The molecular weight excluding hydrogens is 302 g/mol. The fraction of sp³-hybridized carbons (Fsp3) is 0.200. The predicted octanol–water partition coefficient (Wildman–Crippen LogP) is 2.25. The van der Waals surface area contributed by atoms with Crippen LogP contribution < -0.4 is 5.56 Å². The summed E-state index contributed by atoms with van der Waals surface area (Å²) in [4.78, 5) is 33.2. The van der Waals surface area contributed by atoms with E-state index >= 15 is 0 Å². The van der Waals surface area contributed by atoms with Gasteiger partial charge in [-0.2, -0.15) is 0 Å². The van der Waals surface area contributed by atoms with Crippen LogP contribution in [0.25, 0.3) is 15.9 Å². The third-order valence-corrected chi connectivity index (χ3v) is 4.21. The Balaban J connectivity index is 2.42. The lowest BCUT2D eigenvalue weighted by Gasteiger charge is -2.11. The summed E-state index contributed by atoms with van der Waals surface area (Å²) in [5, 5.41) is 3.33. The van der Waals surface area contributed by atoms with E-state index in [1.165, 1.54) is 23.0 Å². The molecule has 0 saturated carbocycles. The summed E-state index contributed by atoms with van der Waals surface area (Å²) >= 11 is 1.36. The first-order valence-electron chi connectivity index (χ1n) is 6.55. The van der Waals surface area contributed by atoms with E-state index in [4.69, 9.17) is 4.74 Å². The van der Waals surface area contributed by atoms with Gasteiger partial charge in [0.1, 0.15) is 0 Å². The average molecular weight is 315 g/mol. The van der Waals surface area contributed by atoms with Crippen LogP contribution in [0.3, 0.4) is 0 Å². The van der Waals surface area contributed by atoms with Crippen molar-refractivity contribution < 1.29 is 9.53 Å². The Labute approximate surface area is 130 Å². The van der Waals surface area contributed by atoms with Crippen molar-refractivity contribution in [2.45, 2.75) is 13.8 Å². The lowest BCUT2D eigenvalue weighted by Crippen LogP contribution is -2.20. The van der Waals surface area contributed by atoms with E-state index in [0.717, 1.165) is 0 Å². The maximum Gasteiger partial charge on any atom is 0.340 e. The molecule has 0 aliphatic carbocycles. The lowest BCUT2D eigenvalue weighted by atomic mass is 10.0. The highest BCUT2D eigenvalue weighted by Crippen LogP contribution is 2.22. The van der Waals surface area contributed by atoms with E-state index in [9.17, 15) is 9.59 Å². The number of rotatable bonds is 2. The fourth-order valence-electron chi connectivity index (χ4n) is 2.50. The zero-order chi connectivity index (χ0) is 15.9. The Hall–Kier alpha value is -2.54. The SMILES string of the molecule is COC(=O)c1c(C)nc(C)c2c(=O)n(-c3nccs3)ccc12. The molecule has 0 amide bonds. The van der Waals surface area contributed by atoms with Gasteiger partial charge >= 0.3 is 5.97 Å². The van der Waals surface area contributed by atoms with Gasteiger partial charge in [-0.1, -0.05) is 0 Å². The fourth-order valence-corrected chi connectivity index (χ4v) is 3.12. The van der Waals surface area contributed by atoms with E-state index in [2.05, 4.69) is 9.97 Å². The molecule has 0 aliphatic rings. The van der Waals surface area contributed by atoms with Crippen molar-refractivity contribution in [3.63, 3.8) is 0 Å². The Morgan fingerprint density at radius 1 is 1.32 bits per heavy atom. The number of carbonyl (C=O) groups is 1. The van der Waals surface area contributed by atoms with Crippen molar-refractivity contribution in [2.24, 2.45) is 0 Å². The molecular formula is C15H13N3O3S. The van der Waals surface area contributed by atoms with Gasteiger partial charge in [-0.25, -0.2) is 9.78 Å². The molecule has 6 nitrogen and oxygen atoms in total. The number of aromatic nitrogens is 3. The van der Waals surface area contributed by atoms with Crippen molar-refractivity contribution in [3.05, 3.63) is 51.1 Å². The molecule has 3 aromatic rings. The smallest absolute Gasteiger partial charge is 0.340 e. The second kappa shape index (κ2) is 5.34. The third kappa shape index (κ3) is 2.10. The van der Waals surface area contributed by atoms with Crippen LogP contribution >= 0.6 is 11.3 Å². The van der Waals surface area contributed by atoms with E-state index in [1.807, 2.05) is 0 Å². The summed E-state index contributed by atoms with van der Waals surface area (Å²) in [6.07, 6.45) is 3.26. The minimum atomic E-state index is -0.499. The van der Waals surface area contributed by atoms with Crippen molar-refractivity contribution in [1.29, 1.82) is 0 Å². The lowest BCUT2D eigenvalue weighted by molar-refractivity contribution is 0.0601. The number of carbonyl (C=O) groups excluding carboxylic acids is 1. The van der Waals surface area contributed by atoms with Crippen molar-refractivity contribution in [1.82, 2.24) is 14.5 Å². The maximum absolute atomic E-state index is 12.8. The molecule has 112 valence electrons. The molecule has 3 aromatic heterocycles. The second-order valence-corrected chi connectivity index (χ2v) is 5.62. The van der Waals surface area contributed by atoms with E-state index in [0.29, 0.717) is 32.9 Å². The Bertz CT molecular complexity index is 929. The van der Waals surface area contributed by atoms with Crippen LogP contribution in [-0.4, -0.2) is 27.6 Å². The van der Waals surface area contributed by atoms with E-state index in [-0.39, 0.29) is 5.56 Å². The highest BCUT2D eigenvalue weighted by molar-refractivity contribution is 7.12. The predicted molar refractivity (Wildman–Crippen MR) is 83.8 cm³/mol. The van der Waals surface area contributed by atoms with Gasteiger partial charge in [-0.15, -0.1) is 11.3 Å². The minimum absolute atomic E-state index is 0.248. The molecule has 0 bridgehead atoms. The van der Waals surface area contributed by atoms with Gasteiger partial charge < -0.3 is 4.74 Å². The molecule has 0 aromatic carbocycles. The third-order valence-electron chi connectivity index (χ3n) is 3.44. The zero-order valence-electron chi connectivity index (χ0n) is 12.3. The van der Waals surface area contributed by atoms with Crippen molar-refractivity contribution in [3.8, 4) is 5.13 Å². The number of methoxy groups -OCH3 is 1. The molecule has 0 unspecified atom stereocenters. The van der Waals surface area contributed by atoms with Crippen LogP contribution in [0.2, 0.25) is 0 Å². The molecule has 0 radical (unpaired) electrons. The number of thiazole rings is 1. The van der Waals surface area contributed by atoms with Crippen molar-refractivity contribution >= 4 is 28.1 Å². The normalized spacial score (nSPS) is 10.9. The number of aryl methyl sites for hydroxylation is 2. The molecule has 0 fully saturated rings. The van der Waals surface area contributed by atoms with Crippen LogP contribution in [-0.2, 0) is 4.74 Å². The topological polar surface area (TPSA) is 74.1 Å². The standard InChI is InChI=1S/C15H13N3O3S/c1-8-11-10(12(9(2)17-8)14(20)21-3)4-6-18(13(11)19)15-16-5-7-22-15/h4-7H,1-3H3. The highest BCUT2D eigenvalue weighted by Gasteiger charge is 2.19. The highest BCUT2D eigenvalue weighted by atomic mass is 32.1. The Morgan fingerprint density at radius 2 is 2.09 bits per heavy atom. The quantitative estimate of drug-likeness (QED) is 0.678. The Kier molecular flexibility index (Phi) is 3.50.